The zero-order chi connectivity index (χ0) is 13.1. The highest BCUT2D eigenvalue weighted by Crippen LogP contribution is 2.20. The Balaban J connectivity index is 2.95. The number of nitrogens with two attached hydrogens (primary N) is 2. The smallest absolute Gasteiger partial charge is 0.219 e. The number of carbonyl (C=O) groups is 1. The number of aromatic nitrogens is 1. The maximum absolute atomic E-state index is 10.9. The lowest BCUT2D eigenvalue weighted by molar-refractivity contribution is -0.118. The quantitative estimate of drug-likeness (QED) is 0.703. The first-order chi connectivity index (χ1) is 7.84. The van der Waals surface area contributed by atoms with Crippen molar-refractivity contribution in [3.63, 3.8) is 0 Å². The SMILES string of the molecule is CC(C)(CC(N)=O)Nc1ncc(N)cc1C#N. The average Bonchev–Trinajstić information content (AvgIpc) is 2.18. The van der Waals surface area contributed by atoms with Crippen LogP contribution in [0.4, 0.5) is 11.5 Å². The van der Waals surface area contributed by atoms with Gasteiger partial charge in [-0.15, -0.1) is 0 Å². The topological polar surface area (TPSA) is 118 Å². The predicted octanol–water partition coefficient (Wildman–Crippen LogP) is 0.601. The van der Waals surface area contributed by atoms with Gasteiger partial charge in [0.15, 0.2) is 0 Å². The van der Waals surface area contributed by atoms with Crippen LogP contribution >= 0.6 is 0 Å². The van der Waals surface area contributed by atoms with Crippen LogP contribution in [-0.4, -0.2) is 16.4 Å². The standard InChI is InChI=1S/C11H15N5O/c1-11(2,4-9(14)17)16-10-7(5-12)3-8(13)6-15-10/h3,6H,4,13H2,1-2H3,(H2,14,17)(H,15,16). The molecule has 90 valence electrons. The van der Waals surface area contributed by atoms with Crippen molar-refractivity contribution in [1.29, 1.82) is 5.26 Å². The Morgan fingerprint density at radius 1 is 1.65 bits per heavy atom. The number of nitriles is 1. The molecular formula is C11H15N5O. The van der Waals surface area contributed by atoms with Crippen molar-refractivity contribution in [2.24, 2.45) is 5.73 Å². The molecular weight excluding hydrogens is 218 g/mol. The zero-order valence-electron chi connectivity index (χ0n) is 9.82. The summed E-state index contributed by atoms with van der Waals surface area (Å²) >= 11 is 0. The fourth-order valence-electron chi connectivity index (χ4n) is 1.47. The fourth-order valence-corrected chi connectivity index (χ4v) is 1.47. The molecule has 0 aliphatic heterocycles. The maximum atomic E-state index is 10.9. The number of hydrogen-bond acceptors (Lipinski definition) is 5. The minimum Gasteiger partial charge on any atom is -0.397 e. The third-order valence-corrected chi connectivity index (χ3v) is 2.10. The molecule has 0 fully saturated rings. The van der Waals surface area contributed by atoms with E-state index in [1.807, 2.05) is 6.07 Å². The summed E-state index contributed by atoms with van der Waals surface area (Å²) in [7, 11) is 0. The van der Waals surface area contributed by atoms with Gasteiger partial charge in [0.1, 0.15) is 11.9 Å². The molecule has 1 aromatic heterocycles. The molecule has 0 bridgehead atoms. The van der Waals surface area contributed by atoms with Gasteiger partial charge in [0.25, 0.3) is 0 Å². The molecule has 0 aromatic carbocycles. The van der Waals surface area contributed by atoms with Gasteiger partial charge < -0.3 is 16.8 Å². The van der Waals surface area contributed by atoms with Crippen LogP contribution in [0.5, 0.6) is 0 Å². The van der Waals surface area contributed by atoms with Crippen molar-refractivity contribution in [1.82, 2.24) is 4.98 Å². The first kappa shape index (κ1) is 12.8. The predicted molar refractivity (Wildman–Crippen MR) is 64.9 cm³/mol. The minimum atomic E-state index is -0.569. The molecule has 1 heterocycles. The molecule has 1 aromatic rings. The van der Waals surface area contributed by atoms with Gasteiger partial charge in [0, 0.05) is 12.0 Å². The summed E-state index contributed by atoms with van der Waals surface area (Å²) in [5, 5.41) is 12.0. The second kappa shape index (κ2) is 4.70. The van der Waals surface area contributed by atoms with Gasteiger partial charge >= 0.3 is 0 Å². The number of pyridine rings is 1. The van der Waals surface area contributed by atoms with Gasteiger partial charge in [-0.3, -0.25) is 4.79 Å². The largest absolute Gasteiger partial charge is 0.397 e. The normalized spacial score (nSPS) is 10.6. The molecule has 0 radical (unpaired) electrons. The van der Waals surface area contributed by atoms with Crippen LogP contribution in [-0.2, 0) is 4.79 Å². The summed E-state index contributed by atoms with van der Waals surface area (Å²) in [4.78, 5) is 14.9. The number of anilines is 2. The van der Waals surface area contributed by atoms with Gasteiger partial charge in [0.2, 0.25) is 5.91 Å². The van der Waals surface area contributed by atoms with Gasteiger partial charge in [-0.2, -0.15) is 5.26 Å². The van der Waals surface area contributed by atoms with E-state index in [0.29, 0.717) is 17.1 Å². The zero-order valence-corrected chi connectivity index (χ0v) is 9.82. The van der Waals surface area contributed by atoms with Gasteiger partial charge in [-0.25, -0.2) is 4.98 Å². The molecule has 0 saturated heterocycles. The second-order valence-corrected chi connectivity index (χ2v) is 4.43. The van der Waals surface area contributed by atoms with Crippen molar-refractivity contribution in [3.8, 4) is 6.07 Å². The Bertz CT molecular complexity index is 475. The maximum Gasteiger partial charge on any atom is 0.219 e. The Morgan fingerprint density at radius 2 is 2.29 bits per heavy atom. The third-order valence-electron chi connectivity index (χ3n) is 2.10. The lowest BCUT2D eigenvalue weighted by Crippen LogP contribution is -2.36. The Morgan fingerprint density at radius 3 is 2.82 bits per heavy atom. The number of nitrogen functional groups attached to an aromatic ring is 1. The molecule has 0 atom stereocenters. The molecule has 0 saturated carbocycles. The first-order valence-corrected chi connectivity index (χ1v) is 5.06. The molecule has 0 aliphatic carbocycles. The highest BCUT2D eigenvalue weighted by Gasteiger charge is 2.22. The van der Waals surface area contributed by atoms with E-state index < -0.39 is 11.4 Å². The average molecular weight is 233 g/mol. The molecule has 0 spiro atoms. The van der Waals surface area contributed by atoms with Crippen molar-refractivity contribution in [3.05, 3.63) is 17.8 Å². The van der Waals surface area contributed by atoms with Crippen molar-refractivity contribution >= 4 is 17.4 Å². The van der Waals surface area contributed by atoms with E-state index in [1.165, 1.54) is 12.3 Å². The van der Waals surface area contributed by atoms with Crippen LogP contribution in [0.25, 0.3) is 0 Å². The summed E-state index contributed by atoms with van der Waals surface area (Å²) in [5.74, 6) is -0.0237. The van der Waals surface area contributed by atoms with E-state index in [1.54, 1.807) is 13.8 Å². The Labute approximate surface area is 99.6 Å². The number of carbonyl (C=O) groups excluding carboxylic acids is 1. The molecule has 0 unspecified atom stereocenters. The summed E-state index contributed by atoms with van der Waals surface area (Å²) in [6.07, 6.45) is 1.59. The minimum absolute atomic E-state index is 0.143. The summed E-state index contributed by atoms with van der Waals surface area (Å²) in [6, 6.07) is 3.51. The third kappa shape index (κ3) is 3.65. The molecule has 0 aliphatic rings. The van der Waals surface area contributed by atoms with E-state index in [0.717, 1.165) is 0 Å². The Kier molecular flexibility index (Phi) is 3.53. The summed E-state index contributed by atoms with van der Waals surface area (Å²) < 4.78 is 0. The van der Waals surface area contributed by atoms with Crippen LogP contribution in [0.15, 0.2) is 12.3 Å². The number of hydrogen-bond donors (Lipinski definition) is 3. The molecule has 5 N–H and O–H groups in total. The van der Waals surface area contributed by atoms with Crippen molar-refractivity contribution < 1.29 is 4.79 Å². The molecule has 6 heteroatoms. The number of amides is 1. The van der Waals surface area contributed by atoms with E-state index in [2.05, 4.69) is 10.3 Å². The van der Waals surface area contributed by atoms with Crippen LogP contribution in [0.1, 0.15) is 25.8 Å². The van der Waals surface area contributed by atoms with E-state index in [-0.39, 0.29) is 6.42 Å². The number of primary amides is 1. The lowest BCUT2D eigenvalue weighted by Gasteiger charge is -2.25. The van der Waals surface area contributed by atoms with Crippen LogP contribution in [0.2, 0.25) is 0 Å². The number of rotatable bonds is 4. The second-order valence-electron chi connectivity index (χ2n) is 4.43. The van der Waals surface area contributed by atoms with Gasteiger partial charge in [-0.1, -0.05) is 0 Å². The summed E-state index contributed by atoms with van der Waals surface area (Å²) in [5.41, 5.74) is 10.9. The highest BCUT2D eigenvalue weighted by atomic mass is 16.1. The van der Waals surface area contributed by atoms with E-state index in [4.69, 9.17) is 16.7 Å². The molecule has 17 heavy (non-hydrogen) atoms. The first-order valence-electron chi connectivity index (χ1n) is 5.06. The van der Waals surface area contributed by atoms with Crippen molar-refractivity contribution in [2.45, 2.75) is 25.8 Å². The van der Waals surface area contributed by atoms with Crippen LogP contribution in [0.3, 0.4) is 0 Å². The van der Waals surface area contributed by atoms with Crippen LogP contribution in [0, 0.1) is 11.3 Å². The van der Waals surface area contributed by atoms with Gasteiger partial charge in [-0.05, 0) is 19.9 Å². The molecule has 1 amide bonds. The monoisotopic (exact) mass is 233 g/mol. The van der Waals surface area contributed by atoms with E-state index >= 15 is 0 Å². The Hall–Kier alpha value is -2.29. The number of nitrogens with one attached hydrogen (secondary N) is 1. The summed E-state index contributed by atoms with van der Waals surface area (Å²) in [6.45, 7) is 3.61. The molecule has 6 nitrogen and oxygen atoms in total. The van der Waals surface area contributed by atoms with E-state index in [9.17, 15) is 4.79 Å². The number of nitrogens with zero attached hydrogens (tertiary/aromatic N) is 2. The fraction of sp³-hybridized carbons (Fsp3) is 0.364. The lowest BCUT2D eigenvalue weighted by atomic mass is 10.00. The highest BCUT2D eigenvalue weighted by molar-refractivity contribution is 5.75. The van der Waals surface area contributed by atoms with Crippen LogP contribution < -0.4 is 16.8 Å². The molecule has 1 rings (SSSR count). The van der Waals surface area contributed by atoms with Crippen molar-refractivity contribution in [2.75, 3.05) is 11.1 Å². The van der Waals surface area contributed by atoms with Gasteiger partial charge in [0.05, 0.1) is 17.4 Å².